The van der Waals surface area contributed by atoms with Gasteiger partial charge in [0.2, 0.25) is 5.91 Å². The number of benzene rings is 1. The second-order valence-corrected chi connectivity index (χ2v) is 8.58. The number of para-hydroxylation sites is 1. The lowest BCUT2D eigenvalue weighted by molar-refractivity contribution is -0.132. The Labute approximate surface area is 167 Å². The number of hydrogen-bond acceptors (Lipinski definition) is 4. The highest BCUT2D eigenvalue weighted by Gasteiger charge is 2.26. The van der Waals surface area contributed by atoms with Crippen molar-refractivity contribution >= 4 is 22.5 Å². The Hall–Kier alpha value is -2.14. The number of fused-ring (bicyclic) bond motifs is 1. The van der Waals surface area contributed by atoms with Gasteiger partial charge in [-0.05, 0) is 56.8 Å². The number of amides is 1. The molecule has 0 radical (unpaired) electrons. The quantitative estimate of drug-likeness (QED) is 0.879. The summed E-state index contributed by atoms with van der Waals surface area (Å²) < 4.78 is 0. The zero-order chi connectivity index (χ0) is 19.5. The standard InChI is InChI=1S/C23H32N4O/c1-17-6-11-26(12-7-17)13-10-22(28)27-14-8-18(9-15-27)23-20(24)16-19-4-2-3-5-21(19)25-23/h2-5,16-18H,6-15,24H2,1H3. The number of nitrogens with two attached hydrogens (primary N) is 1. The van der Waals surface area contributed by atoms with Crippen molar-refractivity contribution in [3.8, 4) is 0 Å². The van der Waals surface area contributed by atoms with Crippen molar-refractivity contribution in [3.63, 3.8) is 0 Å². The van der Waals surface area contributed by atoms with E-state index in [1.165, 1.54) is 12.8 Å². The number of anilines is 1. The fourth-order valence-corrected chi connectivity index (χ4v) is 4.57. The zero-order valence-corrected chi connectivity index (χ0v) is 16.9. The van der Waals surface area contributed by atoms with Gasteiger partial charge in [-0.1, -0.05) is 25.1 Å². The number of nitrogens with zero attached hydrogens (tertiary/aromatic N) is 3. The summed E-state index contributed by atoms with van der Waals surface area (Å²) in [6.45, 7) is 7.14. The van der Waals surface area contributed by atoms with Gasteiger partial charge in [0.05, 0.1) is 16.9 Å². The van der Waals surface area contributed by atoms with Crippen LogP contribution in [0, 0.1) is 5.92 Å². The normalized spacial score (nSPS) is 20.0. The maximum atomic E-state index is 12.6. The van der Waals surface area contributed by atoms with Gasteiger partial charge >= 0.3 is 0 Å². The summed E-state index contributed by atoms with van der Waals surface area (Å²) in [5.74, 6) is 1.48. The largest absolute Gasteiger partial charge is 0.397 e. The summed E-state index contributed by atoms with van der Waals surface area (Å²) in [5.41, 5.74) is 9.09. The van der Waals surface area contributed by atoms with Crippen LogP contribution in [0.5, 0.6) is 0 Å². The van der Waals surface area contributed by atoms with Gasteiger partial charge in [-0.15, -0.1) is 0 Å². The highest BCUT2D eigenvalue weighted by atomic mass is 16.2. The van der Waals surface area contributed by atoms with E-state index in [0.717, 1.165) is 73.8 Å². The highest BCUT2D eigenvalue weighted by Crippen LogP contribution is 2.32. The van der Waals surface area contributed by atoms with Gasteiger partial charge in [0.15, 0.2) is 0 Å². The van der Waals surface area contributed by atoms with Gasteiger partial charge in [-0.3, -0.25) is 9.78 Å². The Morgan fingerprint density at radius 2 is 1.82 bits per heavy atom. The molecular weight excluding hydrogens is 348 g/mol. The lowest BCUT2D eigenvalue weighted by Crippen LogP contribution is -2.41. The van der Waals surface area contributed by atoms with Crippen molar-refractivity contribution in [1.82, 2.24) is 14.8 Å². The van der Waals surface area contributed by atoms with Crippen LogP contribution in [0.15, 0.2) is 30.3 Å². The summed E-state index contributed by atoms with van der Waals surface area (Å²) in [4.78, 5) is 22.0. The summed E-state index contributed by atoms with van der Waals surface area (Å²) in [7, 11) is 0. The van der Waals surface area contributed by atoms with Crippen LogP contribution in [0.2, 0.25) is 0 Å². The SMILES string of the molecule is CC1CCN(CCC(=O)N2CCC(c3nc4ccccc4cc3N)CC2)CC1. The minimum atomic E-state index is 0.302. The molecule has 0 aliphatic carbocycles. The van der Waals surface area contributed by atoms with Gasteiger partial charge < -0.3 is 15.5 Å². The van der Waals surface area contributed by atoms with Crippen molar-refractivity contribution < 1.29 is 4.79 Å². The molecule has 2 fully saturated rings. The number of likely N-dealkylation sites (tertiary alicyclic amines) is 2. The molecular formula is C23H32N4O. The molecule has 28 heavy (non-hydrogen) atoms. The Balaban J connectivity index is 1.31. The first-order chi connectivity index (χ1) is 13.6. The lowest BCUT2D eigenvalue weighted by atomic mass is 9.91. The number of nitrogen functional groups attached to an aromatic ring is 1. The molecule has 5 heteroatoms. The third-order valence-corrected chi connectivity index (χ3v) is 6.54. The highest BCUT2D eigenvalue weighted by molar-refractivity contribution is 5.82. The molecule has 1 amide bonds. The van der Waals surface area contributed by atoms with Crippen LogP contribution in [-0.4, -0.2) is 53.4 Å². The van der Waals surface area contributed by atoms with E-state index < -0.39 is 0 Å². The van der Waals surface area contributed by atoms with Crippen LogP contribution in [-0.2, 0) is 4.79 Å². The fourth-order valence-electron chi connectivity index (χ4n) is 4.57. The van der Waals surface area contributed by atoms with Crippen LogP contribution in [0.1, 0.15) is 50.6 Å². The van der Waals surface area contributed by atoms with E-state index in [9.17, 15) is 4.79 Å². The third-order valence-electron chi connectivity index (χ3n) is 6.54. The third kappa shape index (κ3) is 4.30. The summed E-state index contributed by atoms with van der Waals surface area (Å²) in [5, 5.41) is 1.09. The van der Waals surface area contributed by atoms with Gasteiger partial charge in [-0.2, -0.15) is 0 Å². The number of hydrogen-bond donors (Lipinski definition) is 1. The number of aromatic nitrogens is 1. The van der Waals surface area contributed by atoms with Crippen LogP contribution < -0.4 is 5.73 Å². The minimum absolute atomic E-state index is 0.302. The second kappa shape index (κ2) is 8.48. The molecule has 5 nitrogen and oxygen atoms in total. The number of pyridine rings is 1. The van der Waals surface area contributed by atoms with Crippen LogP contribution in [0.3, 0.4) is 0 Å². The predicted octanol–water partition coefficient (Wildman–Crippen LogP) is 3.65. The molecule has 2 N–H and O–H groups in total. The van der Waals surface area contributed by atoms with Crippen molar-refractivity contribution in [3.05, 3.63) is 36.0 Å². The van der Waals surface area contributed by atoms with E-state index in [1.54, 1.807) is 0 Å². The van der Waals surface area contributed by atoms with E-state index in [1.807, 2.05) is 35.2 Å². The molecule has 1 aromatic carbocycles. The van der Waals surface area contributed by atoms with Crippen LogP contribution in [0.4, 0.5) is 5.69 Å². The average molecular weight is 381 g/mol. The van der Waals surface area contributed by atoms with Gasteiger partial charge in [0.1, 0.15) is 0 Å². The van der Waals surface area contributed by atoms with E-state index in [2.05, 4.69) is 11.8 Å². The molecule has 4 rings (SSSR count). The maximum absolute atomic E-state index is 12.6. The molecule has 2 aliphatic rings. The molecule has 0 unspecified atom stereocenters. The first-order valence-electron chi connectivity index (χ1n) is 10.8. The Morgan fingerprint density at radius 1 is 1.11 bits per heavy atom. The van der Waals surface area contributed by atoms with E-state index in [-0.39, 0.29) is 0 Å². The van der Waals surface area contributed by atoms with Crippen molar-refractivity contribution in [2.75, 3.05) is 38.5 Å². The maximum Gasteiger partial charge on any atom is 0.223 e. The summed E-state index contributed by atoms with van der Waals surface area (Å²) in [6.07, 6.45) is 5.07. The number of piperidine rings is 2. The number of rotatable bonds is 4. The van der Waals surface area contributed by atoms with Gasteiger partial charge in [-0.25, -0.2) is 0 Å². The molecule has 2 saturated heterocycles. The zero-order valence-electron chi connectivity index (χ0n) is 16.9. The Kier molecular flexibility index (Phi) is 5.81. The summed E-state index contributed by atoms with van der Waals surface area (Å²) in [6, 6.07) is 10.1. The van der Waals surface area contributed by atoms with Crippen LogP contribution in [0.25, 0.3) is 10.9 Å². The lowest BCUT2D eigenvalue weighted by Gasteiger charge is -2.34. The van der Waals surface area contributed by atoms with Crippen LogP contribution >= 0.6 is 0 Å². The average Bonchev–Trinajstić information content (AvgIpc) is 2.73. The topological polar surface area (TPSA) is 62.5 Å². The molecule has 150 valence electrons. The van der Waals surface area contributed by atoms with Gasteiger partial charge in [0.25, 0.3) is 0 Å². The predicted molar refractivity (Wildman–Crippen MR) is 114 cm³/mol. The molecule has 2 aliphatic heterocycles. The van der Waals surface area contributed by atoms with Gasteiger partial charge in [0, 0.05) is 37.4 Å². The monoisotopic (exact) mass is 380 g/mol. The molecule has 3 heterocycles. The molecule has 0 bridgehead atoms. The van der Waals surface area contributed by atoms with Crippen molar-refractivity contribution in [1.29, 1.82) is 0 Å². The Bertz CT molecular complexity index is 820. The summed E-state index contributed by atoms with van der Waals surface area (Å²) >= 11 is 0. The van der Waals surface area contributed by atoms with E-state index in [4.69, 9.17) is 10.7 Å². The second-order valence-electron chi connectivity index (χ2n) is 8.58. The molecule has 0 atom stereocenters. The fraction of sp³-hybridized carbons (Fsp3) is 0.565. The molecule has 0 saturated carbocycles. The molecule has 1 aromatic heterocycles. The molecule has 0 spiro atoms. The first kappa shape index (κ1) is 19.2. The number of carbonyl (C=O) groups excluding carboxylic acids is 1. The molecule has 2 aromatic rings. The minimum Gasteiger partial charge on any atom is -0.397 e. The first-order valence-corrected chi connectivity index (χ1v) is 10.8. The van der Waals surface area contributed by atoms with Crippen molar-refractivity contribution in [2.24, 2.45) is 5.92 Å². The van der Waals surface area contributed by atoms with E-state index in [0.29, 0.717) is 18.2 Å². The smallest absolute Gasteiger partial charge is 0.223 e. The van der Waals surface area contributed by atoms with Crippen molar-refractivity contribution in [2.45, 2.75) is 44.9 Å². The Morgan fingerprint density at radius 3 is 2.57 bits per heavy atom. The number of carbonyl (C=O) groups is 1. The van der Waals surface area contributed by atoms with E-state index >= 15 is 0 Å².